The Morgan fingerprint density at radius 2 is 0.852 bits per heavy atom. The summed E-state index contributed by atoms with van der Waals surface area (Å²) in [7, 11) is -11.4. The molecule has 0 aliphatic carbocycles. The quantitative estimate of drug-likeness (QED) is 0.137. The molecule has 2 heterocycles. The van der Waals surface area contributed by atoms with Crippen LogP contribution in [0.25, 0.3) is 40.3 Å². The van der Waals surface area contributed by atoms with E-state index in [4.69, 9.17) is 15.8 Å². The Bertz CT molecular complexity index is 3220. The van der Waals surface area contributed by atoms with E-state index in [1.54, 1.807) is 24.3 Å². The van der Waals surface area contributed by atoms with Gasteiger partial charge in [0.1, 0.15) is 4.90 Å². The SMILES string of the molecule is CNS(=O)(=O)c1ccc2sc3ccc(S(=O)(=O)Cl)cc3c2c1.CNS(=O)(=O)c1ccc2sc3ccc(S(=O)(=O)Nc4ccccc4S(N)(=O)=O)cc3c2c1. The first kappa shape index (κ1) is 39.9. The highest BCUT2D eigenvalue weighted by molar-refractivity contribution is 8.13. The highest BCUT2D eigenvalue weighted by Gasteiger charge is 2.22. The van der Waals surface area contributed by atoms with Crippen molar-refractivity contribution >= 4 is 129 Å². The predicted molar refractivity (Wildman–Crippen MR) is 213 cm³/mol. The maximum atomic E-state index is 13.0. The zero-order chi connectivity index (χ0) is 39.4. The number of fused-ring (bicyclic) bond motifs is 6. The van der Waals surface area contributed by atoms with Gasteiger partial charge in [-0.15, -0.1) is 22.7 Å². The summed E-state index contributed by atoms with van der Waals surface area (Å²) in [5.41, 5.74) is -0.173. The molecular formula is C32H27ClN4O10S7. The number of benzene rings is 5. The Morgan fingerprint density at radius 1 is 0.500 bits per heavy atom. The number of nitrogens with two attached hydrogens (primary N) is 1. The third kappa shape index (κ3) is 7.97. The zero-order valence-corrected chi connectivity index (χ0v) is 34.1. The molecule has 7 rings (SSSR count). The lowest BCUT2D eigenvalue weighted by Gasteiger charge is -2.11. The number of nitrogens with one attached hydrogen (secondary N) is 3. The van der Waals surface area contributed by atoms with Crippen molar-refractivity contribution < 1.29 is 42.1 Å². The van der Waals surface area contributed by atoms with Gasteiger partial charge in [0.05, 0.1) is 25.3 Å². The van der Waals surface area contributed by atoms with E-state index in [1.807, 2.05) is 0 Å². The Morgan fingerprint density at radius 3 is 1.22 bits per heavy atom. The van der Waals surface area contributed by atoms with Gasteiger partial charge in [-0.05, 0) is 99.0 Å². The molecule has 0 saturated heterocycles. The van der Waals surface area contributed by atoms with Crippen LogP contribution in [0.5, 0.6) is 0 Å². The fourth-order valence-electron chi connectivity index (χ4n) is 5.36. The molecule has 284 valence electrons. The molecule has 5 aromatic carbocycles. The zero-order valence-electron chi connectivity index (χ0n) is 27.6. The molecule has 0 bridgehead atoms. The van der Waals surface area contributed by atoms with Gasteiger partial charge in [-0.3, -0.25) is 4.72 Å². The number of hydrogen-bond acceptors (Lipinski definition) is 12. The summed E-state index contributed by atoms with van der Waals surface area (Å²) in [5.74, 6) is 0. The Kier molecular flexibility index (Phi) is 10.7. The van der Waals surface area contributed by atoms with Crippen molar-refractivity contribution in [3.05, 3.63) is 97.1 Å². The van der Waals surface area contributed by atoms with Crippen LogP contribution in [-0.4, -0.2) is 56.2 Å². The number of halogens is 1. The molecule has 0 atom stereocenters. The van der Waals surface area contributed by atoms with Gasteiger partial charge in [-0.2, -0.15) is 0 Å². The van der Waals surface area contributed by atoms with E-state index in [9.17, 15) is 42.1 Å². The highest BCUT2D eigenvalue weighted by Crippen LogP contribution is 2.38. The molecule has 0 saturated carbocycles. The van der Waals surface area contributed by atoms with Crippen molar-refractivity contribution in [1.82, 2.24) is 9.44 Å². The predicted octanol–water partition coefficient (Wildman–Crippen LogP) is 5.30. The van der Waals surface area contributed by atoms with Gasteiger partial charge in [0.25, 0.3) is 19.1 Å². The fourth-order valence-corrected chi connectivity index (χ4v) is 11.6. The van der Waals surface area contributed by atoms with E-state index in [1.165, 1.54) is 110 Å². The molecule has 14 nitrogen and oxygen atoms in total. The smallest absolute Gasteiger partial charge is 0.261 e. The van der Waals surface area contributed by atoms with Crippen molar-refractivity contribution in [2.75, 3.05) is 18.8 Å². The molecule has 54 heavy (non-hydrogen) atoms. The number of hydrogen-bond donors (Lipinski definition) is 4. The summed E-state index contributed by atoms with van der Waals surface area (Å²) >= 11 is 2.85. The van der Waals surface area contributed by atoms with E-state index in [2.05, 4.69) is 14.2 Å². The third-order valence-electron chi connectivity index (χ3n) is 8.01. The fraction of sp³-hybridized carbons (Fsp3) is 0.0625. The van der Waals surface area contributed by atoms with Crippen LogP contribution in [0.15, 0.2) is 122 Å². The second-order valence-corrected chi connectivity index (χ2v) is 23.1. The maximum Gasteiger partial charge on any atom is 0.261 e. The average molecular weight is 888 g/mol. The molecule has 0 aliphatic rings. The molecule has 0 radical (unpaired) electrons. The highest BCUT2D eigenvalue weighted by atomic mass is 35.7. The summed E-state index contributed by atoms with van der Waals surface area (Å²) in [6.45, 7) is 0. The lowest BCUT2D eigenvalue weighted by molar-refractivity contribution is 0.586. The van der Waals surface area contributed by atoms with Crippen molar-refractivity contribution in [3.63, 3.8) is 0 Å². The second-order valence-electron chi connectivity index (χ2n) is 11.3. The van der Waals surface area contributed by atoms with E-state index in [-0.39, 0.29) is 30.2 Å². The number of para-hydroxylation sites is 1. The second kappa shape index (κ2) is 14.4. The van der Waals surface area contributed by atoms with Crippen molar-refractivity contribution in [1.29, 1.82) is 0 Å². The lowest BCUT2D eigenvalue weighted by Crippen LogP contribution is -2.18. The molecule has 7 aromatic rings. The summed E-state index contributed by atoms with van der Waals surface area (Å²) in [5, 5.41) is 7.67. The number of rotatable bonds is 9. The molecule has 5 N–H and O–H groups in total. The molecule has 2 aromatic heterocycles. The summed E-state index contributed by atoms with van der Waals surface area (Å²) < 4.78 is 131. The van der Waals surface area contributed by atoms with Crippen LogP contribution in [0.3, 0.4) is 0 Å². The first-order valence-corrected chi connectivity index (χ1v) is 25.0. The maximum absolute atomic E-state index is 13.0. The van der Waals surface area contributed by atoms with E-state index in [0.29, 0.717) is 21.5 Å². The average Bonchev–Trinajstić information content (AvgIpc) is 3.68. The van der Waals surface area contributed by atoms with Crippen LogP contribution in [0, 0.1) is 0 Å². The van der Waals surface area contributed by atoms with Crippen molar-refractivity contribution in [3.8, 4) is 0 Å². The third-order valence-corrected chi connectivity index (χ3v) is 16.8. The minimum atomic E-state index is -4.17. The Labute approximate surface area is 323 Å². The van der Waals surface area contributed by atoms with Crippen molar-refractivity contribution in [2.45, 2.75) is 24.5 Å². The van der Waals surface area contributed by atoms with Crippen LogP contribution < -0.4 is 19.3 Å². The van der Waals surface area contributed by atoms with Gasteiger partial charge in [0.2, 0.25) is 30.1 Å². The lowest BCUT2D eigenvalue weighted by atomic mass is 10.1. The molecule has 0 fully saturated rings. The van der Waals surface area contributed by atoms with Gasteiger partial charge in [-0.25, -0.2) is 56.7 Å². The summed E-state index contributed by atoms with van der Waals surface area (Å²) in [4.78, 5) is -0.298. The van der Waals surface area contributed by atoms with Gasteiger partial charge in [0, 0.05) is 51.0 Å². The topological polar surface area (TPSA) is 233 Å². The van der Waals surface area contributed by atoms with Gasteiger partial charge in [-0.1, -0.05) is 12.1 Å². The van der Waals surface area contributed by atoms with Gasteiger partial charge in [0.15, 0.2) is 0 Å². The molecule has 0 amide bonds. The molecule has 0 aliphatic heterocycles. The Hall–Kier alpha value is -3.74. The Balaban J connectivity index is 0.000000197. The van der Waals surface area contributed by atoms with Crippen LogP contribution in [-0.2, 0) is 49.1 Å². The van der Waals surface area contributed by atoms with E-state index >= 15 is 0 Å². The van der Waals surface area contributed by atoms with Crippen LogP contribution in [0.4, 0.5) is 5.69 Å². The number of primary sulfonamides is 1. The molecule has 0 unspecified atom stereocenters. The van der Waals surface area contributed by atoms with Crippen molar-refractivity contribution in [2.24, 2.45) is 5.14 Å². The standard InChI is InChI=1S/C19H17N3O6S4.C13H10ClNO4S3/c1-21-31(25,26)12-6-8-17-14(10-12)15-11-13(7-9-18(15)29-17)32(27,28)22-16-4-2-3-5-19(16)30(20,23)24;1-15-22(18,19)9-3-5-13-11(7-9)10-6-8(21(14,16)17)2-4-12(10)20-13/h2-11,21-22H,1H3,(H2,20,23,24);2-7,15H,1H3. The largest absolute Gasteiger partial charge is 0.278 e. The van der Waals surface area contributed by atoms with Crippen LogP contribution in [0.1, 0.15) is 0 Å². The summed E-state index contributed by atoms with van der Waals surface area (Å²) in [6, 6.07) is 23.8. The molecular weight excluding hydrogens is 860 g/mol. The van der Waals surface area contributed by atoms with E-state index in [0.717, 1.165) is 18.8 Å². The first-order valence-electron chi connectivity index (χ1n) is 15.0. The number of thiophene rings is 2. The monoisotopic (exact) mass is 886 g/mol. The van der Waals surface area contributed by atoms with Gasteiger partial charge < -0.3 is 0 Å². The van der Waals surface area contributed by atoms with E-state index < -0.39 is 49.1 Å². The minimum absolute atomic E-state index is 0.0109. The number of sulfonamides is 4. The molecule has 22 heteroatoms. The van der Waals surface area contributed by atoms with Gasteiger partial charge >= 0.3 is 0 Å². The minimum Gasteiger partial charge on any atom is -0.278 e. The van der Waals surface area contributed by atoms with Crippen LogP contribution >= 0.6 is 33.4 Å². The normalized spacial score (nSPS) is 13.0. The first-order chi connectivity index (χ1) is 25.1. The number of anilines is 1. The summed E-state index contributed by atoms with van der Waals surface area (Å²) in [6.07, 6.45) is 0. The molecule has 0 spiro atoms. The van der Waals surface area contributed by atoms with Crippen LogP contribution in [0.2, 0.25) is 0 Å².